The van der Waals surface area contributed by atoms with E-state index in [2.05, 4.69) is 21.2 Å². The van der Waals surface area contributed by atoms with E-state index < -0.39 is 6.10 Å². The van der Waals surface area contributed by atoms with E-state index in [0.29, 0.717) is 34.9 Å². The lowest BCUT2D eigenvalue weighted by Gasteiger charge is -2.20. The molecular weight excluding hydrogens is 417 g/mol. The van der Waals surface area contributed by atoms with Crippen molar-refractivity contribution in [3.63, 3.8) is 0 Å². The number of halogens is 2. The fourth-order valence-corrected chi connectivity index (χ4v) is 3.12. The standard InChI is InChI=1S/C20H21BrFNO4/c1-12(14-4-6-18-19(10-14)26-9-3-8-25-18)23-20(24)13(2)27-17-7-5-15(22)11-16(17)21/h4-7,10-13H,3,8-9H2,1-2H3,(H,23,24). The summed E-state index contributed by atoms with van der Waals surface area (Å²) in [6.45, 7) is 4.77. The first kappa shape index (κ1) is 19.5. The summed E-state index contributed by atoms with van der Waals surface area (Å²) in [4.78, 5) is 12.5. The molecule has 1 N–H and O–H groups in total. The molecule has 0 aromatic heterocycles. The van der Waals surface area contributed by atoms with Crippen molar-refractivity contribution in [3.8, 4) is 17.2 Å². The second-order valence-electron chi connectivity index (χ2n) is 6.32. The van der Waals surface area contributed by atoms with E-state index in [-0.39, 0.29) is 17.8 Å². The Balaban J connectivity index is 1.63. The quantitative estimate of drug-likeness (QED) is 0.753. The number of nitrogens with one attached hydrogen (secondary N) is 1. The highest BCUT2D eigenvalue weighted by atomic mass is 79.9. The fourth-order valence-electron chi connectivity index (χ4n) is 2.68. The number of benzene rings is 2. The molecule has 0 fully saturated rings. The van der Waals surface area contributed by atoms with Gasteiger partial charge in [-0.1, -0.05) is 6.07 Å². The number of ether oxygens (including phenoxy) is 3. The molecule has 7 heteroatoms. The van der Waals surface area contributed by atoms with Crippen LogP contribution in [0.1, 0.15) is 31.9 Å². The van der Waals surface area contributed by atoms with Gasteiger partial charge in [0.05, 0.1) is 23.7 Å². The van der Waals surface area contributed by atoms with Crippen molar-refractivity contribution in [2.24, 2.45) is 0 Å². The van der Waals surface area contributed by atoms with Gasteiger partial charge in [-0.2, -0.15) is 0 Å². The smallest absolute Gasteiger partial charge is 0.261 e. The van der Waals surface area contributed by atoms with Crippen LogP contribution in [0.25, 0.3) is 0 Å². The van der Waals surface area contributed by atoms with Crippen LogP contribution in [0.4, 0.5) is 4.39 Å². The van der Waals surface area contributed by atoms with E-state index in [1.807, 2.05) is 25.1 Å². The fraction of sp³-hybridized carbons (Fsp3) is 0.350. The number of amides is 1. The highest BCUT2D eigenvalue weighted by Gasteiger charge is 2.20. The summed E-state index contributed by atoms with van der Waals surface area (Å²) in [5.74, 6) is 1.15. The molecule has 3 rings (SSSR count). The lowest BCUT2D eigenvalue weighted by atomic mass is 10.1. The van der Waals surface area contributed by atoms with Crippen molar-refractivity contribution < 1.29 is 23.4 Å². The molecule has 27 heavy (non-hydrogen) atoms. The highest BCUT2D eigenvalue weighted by molar-refractivity contribution is 9.10. The molecule has 0 bridgehead atoms. The molecule has 0 saturated carbocycles. The number of carbonyl (C=O) groups is 1. The SMILES string of the molecule is CC(Oc1ccc(F)cc1Br)C(=O)NC(C)c1ccc2c(c1)OCCCO2. The predicted molar refractivity (Wildman–Crippen MR) is 103 cm³/mol. The van der Waals surface area contributed by atoms with E-state index in [4.69, 9.17) is 14.2 Å². The molecule has 0 saturated heterocycles. The number of hydrogen-bond acceptors (Lipinski definition) is 4. The van der Waals surface area contributed by atoms with Crippen LogP contribution in [0.3, 0.4) is 0 Å². The van der Waals surface area contributed by atoms with Crippen LogP contribution in [0.5, 0.6) is 17.2 Å². The Bertz CT molecular complexity index is 830. The van der Waals surface area contributed by atoms with Crippen molar-refractivity contribution in [1.82, 2.24) is 5.32 Å². The zero-order valence-corrected chi connectivity index (χ0v) is 16.7. The van der Waals surface area contributed by atoms with E-state index in [1.54, 1.807) is 6.92 Å². The maximum absolute atomic E-state index is 13.2. The third-order valence-corrected chi connectivity index (χ3v) is 4.82. The number of fused-ring (bicyclic) bond motifs is 1. The third-order valence-electron chi connectivity index (χ3n) is 4.20. The van der Waals surface area contributed by atoms with Gasteiger partial charge in [0.1, 0.15) is 11.6 Å². The van der Waals surface area contributed by atoms with Gasteiger partial charge in [-0.25, -0.2) is 4.39 Å². The maximum atomic E-state index is 13.2. The molecule has 1 amide bonds. The average molecular weight is 438 g/mol. The highest BCUT2D eigenvalue weighted by Crippen LogP contribution is 2.32. The first-order valence-corrected chi connectivity index (χ1v) is 9.55. The topological polar surface area (TPSA) is 56.8 Å². The second-order valence-corrected chi connectivity index (χ2v) is 7.18. The Kier molecular flexibility index (Phi) is 6.21. The van der Waals surface area contributed by atoms with Gasteiger partial charge in [0.2, 0.25) is 0 Å². The number of carbonyl (C=O) groups excluding carboxylic acids is 1. The van der Waals surface area contributed by atoms with Crippen LogP contribution in [0.15, 0.2) is 40.9 Å². The summed E-state index contributed by atoms with van der Waals surface area (Å²) in [7, 11) is 0. The zero-order valence-electron chi connectivity index (χ0n) is 15.1. The molecule has 2 aromatic carbocycles. The van der Waals surface area contributed by atoms with Crippen LogP contribution in [-0.4, -0.2) is 25.2 Å². The summed E-state index contributed by atoms with van der Waals surface area (Å²) in [5.41, 5.74) is 0.905. The van der Waals surface area contributed by atoms with Gasteiger partial charge in [-0.05, 0) is 65.7 Å². The Morgan fingerprint density at radius 3 is 2.63 bits per heavy atom. The van der Waals surface area contributed by atoms with Crippen molar-refractivity contribution in [1.29, 1.82) is 0 Å². The molecule has 1 aliphatic rings. The summed E-state index contributed by atoms with van der Waals surface area (Å²) in [6.07, 6.45) is 0.0963. The molecule has 5 nitrogen and oxygen atoms in total. The molecule has 2 atom stereocenters. The van der Waals surface area contributed by atoms with Crippen LogP contribution >= 0.6 is 15.9 Å². The molecule has 0 radical (unpaired) electrons. The minimum Gasteiger partial charge on any atom is -0.490 e. The largest absolute Gasteiger partial charge is 0.490 e. The Hall–Kier alpha value is -2.28. The lowest BCUT2D eigenvalue weighted by Crippen LogP contribution is -2.37. The first-order chi connectivity index (χ1) is 12.9. The minimum absolute atomic E-state index is 0.239. The Morgan fingerprint density at radius 2 is 1.89 bits per heavy atom. The van der Waals surface area contributed by atoms with Crippen molar-refractivity contribution in [2.75, 3.05) is 13.2 Å². The maximum Gasteiger partial charge on any atom is 0.261 e. The van der Waals surface area contributed by atoms with E-state index in [0.717, 1.165) is 12.0 Å². The second kappa shape index (κ2) is 8.61. The Labute approximate surface area is 165 Å². The van der Waals surface area contributed by atoms with Gasteiger partial charge in [0, 0.05) is 6.42 Å². The molecule has 0 aliphatic carbocycles. The van der Waals surface area contributed by atoms with Gasteiger partial charge in [-0.3, -0.25) is 4.79 Å². The number of rotatable bonds is 5. The normalized spacial score (nSPS) is 15.4. The van der Waals surface area contributed by atoms with Crippen LogP contribution < -0.4 is 19.5 Å². The average Bonchev–Trinajstić information content (AvgIpc) is 2.88. The molecule has 1 heterocycles. The lowest BCUT2D eigenvalue weighted by molar-refractivity contribution is -0.127. The summed E-state index contributed by atoms with van der Waals surface area (Å²) in [5, 5.41) is 2.92. The van der Waals surface area contributed by atoms with E-state index >= 15 is 0 Å². The van der Waals surface area contributed by atoms with Crippen LogP contribution in [0.2, 0.25) is 0 Å². The first-order valence-electron chi connectivity index (χ1n) is 8.75. The number of hydrogen-bond donors (Lipinski definition) is 1. The van der Waals surface area contributed by atoms with Gasteiger partial charge < -0.3 is 19.5 Å². The predicted octanol–water partition coefficient (Wildman–Crippen LogP) is 4.39. The molecule has 2 unspecified atom stereocenters. The molecular formula is C20H21BrFNO4. The summed E-state index contributed by atoms with van der Waals surface area (Å²) in [6, 6.07) is 9.46. The molecule has 0 spiro atoms. The van der Waals surface area contributed by atoms with E-state index in [1.165, 1.54) is 18.2 Å². The van der Waals surface area contributed by atoms with E-state index in [9.17, 15) is 9.18 Å². The van der Waals surface area contributed by atoms with Crippen molar-refractivity contribution >= 4 is 21.8 Å². The third kappa shape index (κ3) is 4.91. The zero-order chi connectivity index (χ0) is 19.4. The van der Waals surface area contributed by atoms with Crippen LogP contribution in [0, 0.1) is 5.82 Å². The minimum atomic E-state index is -0.741. The van der Waals surface area contributed by atoms with Gasteiger partial charge in [0.15, 0.2) is 17.6 Å². The molecule has 2 aromatic rings. The van der Waals surface area contributed by atoms with Gasteiger partial charge >= 0.3 is 0 Å². The molecule has 144 valence electrons. The Morgan fingerprint density at radius 1 is 1.15 bits per heavy atom. The monoisotopic (exact) mass is 437 g/mol. The van der Waals surface area contributed by atoms with Gasteiger partial charge in [-0.15, -0.1) is 0 Å². The summed E-state index contributed by atoms with van der Waals surface area (Å²) < 4.78 is 30.6. The summed E-state index contributed by atoms with van der Waals surface area (Å²) >= 11 is 3.23. The molecule has 1 aliphatic heterocycles. The van der Waals surface area contributed by atoms with Gasteiger partial charge in [0.25, 0.3) is 5.91 Å². The van der Waals surface area contributed by atoms with Crippen LogP contribution in [-0.2, 0) is 4.79 Å². The van der Waals surface area contributed by atoms with Crippen molar-refractivity contribution in [2.45, 2.75) is 32.4 Å². The van der Waals surface area contributed by atoms with Crippen molar-refractivity contribution in [3.05, 3.63) is 52.3 Å².